The van der Waals surface area contributed by atoms with Crippen molar-refractivity contribution in [3.8, 4) is 0 Å². The second-order valence-corrected chi connectivity index (χ2v) is 6.68. The van der Waals surface area contributed by atoms with E-state index in [1.165, 1.54) is 0 Å². The van der Waals surface area contributed by atoms with Crippen molar-refractivity contribution in [1.29, 1.82) is 0 Å². The highest BCUT2D eigenvalue weighted by molar-refractivity contribution is 6.04. The van der Waals surface area contributed by atoms with Crippen LogP contribution in [0.15, 0.2) is 97.5 Å². The summed E-state index contributed by atoms with van der Waals surface area (Å²) < 4.78 is 0. The van der Waals surface area contributed by atoms with Crippen LogP contribution < -0.4 is 10.2 Å². The van der Waals surface area contributed by atoms with E-state index in [0.29, 0.717) is 24.5 Å². The van der Waals surface area contributed by atoms with Crippen molar-refractivity contribution in [2.24, 2.45) is 0 Å². The van der Waals surface area contributed by atoms with Gasteiger partial charge in [0.25, 0.3) is 5.91 Å². The van der Waals surface area contributed by atoms with Gasteiger partial charge in [-0.05, 0) is 48.5 Å². The molecular formula is C24H21N5O. The maximum Gasteiger partial charge on any atom is 0.274 e. The molecule has 0 radical (unpaired) electrons. The van der Waals surface area contributed by atoms with Gasteiger partial charge >= 0.3 is 0 Å². The molecule has 0 saturated carbocycles. The number of nitrogens with zero attached hydrogens (tertiary/aromatic N) is 4. The number of hydrogen-bond donors (Lipinski definition) is 1. The summed E-state index contributed by atoms with van der Waals surface area (Å²) in [4.78, 5) is 27.9. The molecule has 0 aliphatic rings. The van der Waals surface area contributed by atoms with Crippen LogP contribution in [0.2, 0.25) is 0 Å². The number of hydrogen-bond acceptors (Lipinski definition) is 5. The summed E-state index contributed by atoms with van der Waals surface area (Å²) in [5.41, 5.74) is 3.82. The minimum absolute atomic E-state index is 0.251. The average Bonchev–Trinajstić information content (AvgIpc) is 2.81. The third-order valence-electron chi connectivity index (χ3n) is 4.55. The van der Waals surface area contributed by atoms with Gasteiger partial charge in [0.15, 0.2) is 0 Å². The molecule has 1 aromatic carbocycles. The van der Waals surface area contributed by atoms with Crippen molar-refractivity contribution in [3.63, 3.8) is 0 Å². The largest absolute Gasteiger partial charge is 0.358 e. The van der Waals surface area contributed by atoms with E-state index in [9.17, 15) is 4.79 Å². The van der Waals surface area contributed by atoms with Gasteiger partial charge in [-0.1, -0.05) is 30.3 Å². The summed E-state index contributed by atoms with van der Waals surface area (Å²) in [6, 6.07) is 24.7. The first-order valence-electron chi connectivity index (χ1n) is 9.66. The number of aromatic nitrogens is 3. The number of anilines is 2. The van der Waals surface area contributed by atoms with Crippen LogP contribution in [0.1, 0.15) is 21.9 Å². The SMILES string of the molecule is O=C(Nc1ccccc1N(Cc1ccccn1)Cc1ccccn1)c1ccccn1. The monoisotopic (exact) mass is 395 g/mol. The molecule has 6 nitrogen and oxygen atoms in total. The molecule has 4 rings (SSSR count). The van der Waals surface area contributed by atoms with Gasteiger partial charge in [0, 0.05) is 18.6 Å². The molecule has 0 bridgehead atoms. The highest BCUT2D eigenvalue weighted by Crippen LogP contribution is 2.28. The highest BCUT2D eigenvalue weighted by atomic mass is 16.1. The van der Waals surface area contributed by atoms with Crippen molar-refractivity contribution in [2.75, 3.05) is 10.2 Å². The van der Waals surface area contributed by atoms with Crippen LogP contribution in [0, 0.1) is 0 Å². The number of pyridine rings is 3. The Balaban J connectivity index is 1.65. The van der Waals surface area contributed by atoms with Gasteiger partial charge in [-0.3, -0.25) is 19.7 Å². The highest BCUT2D eigenvalue weighted by Gasteiger charge is 2.16. The third kappa shape index (κ3) is 4.86. The first-order chi connectivity index (χ1) is 14.8. The molecule has 0 unspecified atom stereocenters. The number of carbonyl (C=O) groups excluding carboxylic acids is 1. The van der Waals surface area contributed by atoms with E-state index in [1.54, 1.807) is 36.8 Å². The standard InChI is InChI=1S/C24H21N5O/c30-24(22-12-5-8-16-27-22)28-21-11-1-2-13-23(21)29(17-19-9-3-6-14-25-19)18-20-10-4-7-15-26-20/h1-16H,17-18H2,(H,28,30). The Bertz CT molecular complexity index is 1050. The summed E-state index contributed by atoms with van der Waals surface area (Å²) in [6.07, 6.45) is 5.17. The molecule has 4 aromatic rings. The quantitative estimate of drug-likeness (QED) is 0.504. The predicted octanol–water partition coefficient (Wildman–Crippen LogP) is 4.33. The van der Waals surface area contributed by atoms with E-state index >= 15 is 0 Å². The lowest BCUT2D eigenvalue weighted by atomic mass is 10.2. The van der Waals surface area contributed by atoms with Gasteiger partial charge < -0.3 is 10.2 Å². The Morgan fingerprint density at radius 3 is 1.83 bits per heavy atom. The minimum Gasteiger partial charge on any atom is -0.358 e. The lowest BCUT2D eigenvalue weighted by Crippen LogP contribution is -2.25. The van der Waals surface area contributed by atoms with E-state index in [1.807, 2.05) is 60.7 Å². The Morgan fingerprint density at radius 2 is 1.27 bits per heavy atom. The molecule has 30 heavy (non-hydrogen) atoms. The average molecular weight is 395 g/mol. The molecule has 3 aromatic heterocycles. The normalized spacial score (nSPS) is 10.4. The van der Waals surface area contributed by atoms with Gasteiger partial charge in [-0.2, -0.15) is 0 Å². The van der Waals surface area contributed by atoms with Crippen LogP contribution in [-0.4, -0.2) is 20.9 Å². The fourth-order valence-electron chi connectivity index (χ4n) is 3.14. The zero-order valence-electron chi connectivity index (χ0n) is 16.3. The Kier molecular flexibility index (Phi) is 6.05. The van der Waals surface area contributed by atoms with Gasteiger partial charge in [0.2, 0.25) is 0 Å². The van der Waals surface area contributed by atoms with Crippen molar-refractivity contribution in [2.45, 2.75) is 13.1 Å². The Morgan fingerprint density at radius 1 is 0.700 bits per heavy atom. The number of carbonyl (C=O) groups is 1. The second kappa shape index (κ2) is 9.43. The first-order valence-corrected chi connectivity index (χ1v) is 9.66. The smallest absolute Gasteiger partial charge is 0.274 e. The zero-order valence-corrected chi connectivity index (χ0v) is 16.3. The van der Waals surface area contributed by atoms with E-state index < -0.39 is 0 Å². The van der Waals surface area contributed by atoms with Crippen molar-refractivity contribution < 1.29 is 4.79 Å². The Labute approximate surface area is 175 Å². The van der Waals surface area contributed by atoms with Crippen LogP contribution in [0.3, 0.4) is 0 Å². The predicted molar refractivity (Wildman–Crippen MR) is 117 cm³/mol. The Hall–Kier alpha value is -4.06. The number of para-hydroxylation sites is 2. The molecule has 148 valence electrons. The molecule has 0 aliphatic heterocycles. The van der Waals surface area contributed by atoms with E-state index in [-0.39, 0.29) is 5.91 Å². The van der Waals surface area contributed by atoms with Gasteiger partial charge in [-0.15, -0.1) is 0 Å². The van der Waals surface area contributed by atoms with Crippen molar-refractivity contribution in [1.82, 2.24) is 15.0 Å². The van der Waals surface area contributed by atoms with E-state index in [4.69, 9.17) is 0 Å². The fourth-order valence-corrected chi connectivity index (χ4v) is 3.14. The molecule has 1 N–H and O–H groups in total. The summed E-state index contributed by atoms with van der Waals surface area (Å²) in [5.74, 6) is -0.251. The maximum atomic E-state index is 12.7. The number of benzene rings is 1. The minimum atomic E-state index is -0.251. The molecular weight excluding hydrogens is 374 g/mol. The van der Waals surface area contributed by atoms with Gasteiger partial charge in [0.05, 0.1) is 35.9 Å². The van der Waals surface area contributed by atoms with Crippen molar-refractivity contribution >= 4 is 17.3 Å². The number of rotatable bonds is 7. The van der Waals surface area contributed by atoms with E-state index in [2.05, 4.69) is 25.2 Å². The number of amides is 1. The summed E-state index contributed by atoms with van der Waals surface area (Å²) in [6.45, 7) is 1.15. The summed E-state index contributed by atoms with van der Waals surface area (Å²) in [5, 5.41) is 2.99. The number of nitrogens with one attached hydrogen (secondary N) is 1. The lowest BCUT2D eigenvalue weighted by molar-refractivity contribution is 0.102. The molecule has 0 fully saturated rings. The van der Waals surface area contributed by atoms with Crippen LogP contribution in [0.5, 0.6) is 0 Å². The lowest BCUT2D eigenvalue weighted by Gasteiger charge is -2.26. The zero-order chi connectivity index (χ0) is 20.6. The molecule has 6 heteroatoms. The van der Waals surface area contributed by atoms with Crippen molar-refractivity contribution in [3.05, 3.63) is 115 Å². The first kappa shape index (κ1) is 19.3. The van der Waals surface area contributed by atoms with E-state index in [0.717, 1.165) is 17.1 Å². The van der Waals surface area contributed by atoms with Gasteiger partial charge in [-0.25, -0.2) is 0 Å². The van der Waals surface area contributed by atoms with Crippen LogP contribution in [0.25, 0.3) is 0 Å². The topological polar surface area (TPSA) is 71.0 Å². The summed E-state index contributed by atoms with van der Waals surface area (Å²) in [7, 11) is 0. The maximum absolute atomic E-state index is 12.7. The third-order valence-corrected chi connectivity index (χ3v) is 4.55. The van der Waals surface area contributed by atoms with Gasteiger partial charge in [0.1, 0.15) is 5.69 Å². The fraction of sp³-hybridized carbons (Fsp3) is 0.0833. The molecule has 0 aliphatic carbocycles. The molecule has 0 spiro atoms. The van der Waals surface area contributed by atoms with Crippen LogP contribution in [-0.2, 0) is 13.1 Å². The summed E-state index contributed by atoms with van der Waals surface area (Å²) >= 11 is 0. The molecule has 3 heterocycles. The molecule has 1 amide bonds. The van der Waals surface area contributed by atoms with Crippen LogP contribution in [0.4, 0.5) is 11.4 Å². The van der Waals surface area contributed by atoms with Crippen LogP contribution >= 0.6 is 0 Å². The molecule has 0 atom stereocenters. The second-order valence-electron chi connectivity index (χ2n) is 6.68. The molecule has 0 saturated heterocycles.